The lowest BCUT2D eigenvalue weighted by molar-refractivity contribution is 0.148. The molecular formula is C13H19NO3S. The van der Waals surface area contributed by atoms with Crippen LogP contribution in [0.1, 0.15) is 12.5 Å². The average molecular weight is 269 g/mol. The van der Waals surface area contributed by atoms with Crippen molar-refractivity contribution in [1.82, 2.24) is 4.72 Å². The van der Waals surface area contributed by atoms with Gasteiger partial charge in [0.2, 0.25) is 10.0 Å². The van der Waals surface area contributed by atoms with Gasteiger partial charge in [0.15, 0.2) is 0 Å². The topological polar surface area (TPSA) is 55.4 Å². The Hall–Kier alpha value is -1.17. The monoisotopic (exact) mass is 269 g/mol. The minimum Gasteiger partial charge on any atom is -0.373 e. The van der Waals surface area contributed by atoms with Crippen molar-refractivity contribution in [3.05, 3.63) is 48.0 Å². The highest BCUT2D eigenvalue weighted by molar-refractivity contribution is 7.88. The summed E-state index contributed by atoms with van der Waals surface area (Å²) in [5.41, 5.74) is 1.12. The Kier molecular flexibility index (Phi) is 6.04. The quantitative estimate of drug-likeness (QED) is 0.605. The third kappa shape index (κ3) is 7.21. The lowest BCUT2D eigenvalue weighted by Gasteiger charge is -2.06. The van der Waals surface area contributed by atoms with Gasteiger partial charge >= 0.3 is 0 Å². The van der Waals surface area contributed by atoms with Crippen molar-refractivity contribution < 1.29 is 13.2 Å². The SMILES string of the molecule is CC(C=CCOCc1ccccc1)NS(C)(=O)=O. The molecule has 1 unspecified atom stereocenters. The van der Waals surface area contributed by atoms with Crippen molar-refractivity contribution in [2.75, 3.05) is 12.9 Å². The molecule has 100 valence electrons. The highest BCUT2D eigenvalue weighted by atomic mass is 32.2. The molecule has 0 aliphatic heterocycles. The molecule has 5 heteroatoms. The summed E-state index contributed by atoms with van der Waals surface area (Å²) in [4.78, 5) is 0. The molecule has 4 nitrogen and oxygen atoms in total. The number of rotatable bonds is 7. The van der Waals surface area contributed by atoms with E-state index < -0.39 is 10.0 Å². The molecule has 1 aromatic carbocycles. The lowest BCUT2D eigenvalue weighted by Crippen LogP contribution is -2.29. The third-order valence-electron chi connectivity index (χ3n) is 2.15. The zero-order chi connectivity index (χ0) is 13.4. The zero-order valence-electron chi connectivity index (χ0n) is 10.7. The molecule has 1 N–H and O–H groups in total. The van der Waals surface area contributed by atoms with Crippen molar-refractivity contribution in [2.45, 2.75) is 19.6 Å². The number of sulfonamides is 1. The fourth-order valence-corrected chi connectivity index (χ4v) is 2.21. The number of benzene rings is 1. The van der Waals surface area contributed by atoms with E-state index in [9.17, 15) is 8.42 Å². The summed E-state index contributed by atoms with van der Waals surface area (Å²) >= 11 is 0. The van der Waals surface area contributed by atoms with Crippen LogP contribution in [-0.2, 0) is 21.4 Å². The van der Waals surface area contributed by atoms with Crippen LogP contribution in [0.5, 0.6) is 0 Å². The van der Waals surface area contributed by atoms with Gasteiger partial charge in [-0.25, -0.2) is 13.1 Å². The maximum absolute atomic E-state index is 10.9. The molecule has 1 rings (SSSR count). The molecule has 1 atom stereocenters. The van der Waals surface area contributed by atoms with E-state index in [0.717, 1.165) is 11.8 Å². The Balaban J connectivity index is 2.22. The molecule has 0 bridgehead atoms. The summed E-state index contributed by atoms with van der Waals surface area (Å²) in [6.07, 6.45) is 4.72. The Labute approximate surface area is 109 Å². The number of nitrogens with one attached hydrogen (secondary N) is 1. The first-order valence-corrected chi connectivity index (χ1v) is 7.62. The molecule has 0 aliphatic rings. The second-order valence-electron chi connectivity index (χ2n) is 4.11. The fourth-order valence-electron chi connectivity index (χ4n) is 1.46. The minimum atomic E-state index is -3.15. The van der Waals surface area contributed by atoms with Crippen LogP contribution in [0.3, 0.4) is 0 Å². The summed E-state index contributed by atoms with van der Waals surface area (Å²) in [6.45, 7) is 2.79. The number of ether oxygens (including phenoxy) is 1. The predicted molar refractivity (Wildman–Crippen MR) is 72.7 cm³/mol. The maximum atomic E-state index is 10.9. The van der Waals surface area contributed by atoms with Crippen LogP contribution in [0.15, 0.2) is 42.5 Å². The van der Waals surface area contributed by atoms with E-state index in [1.54, 1.807) is 13.0 Å². The van der Waals surface area contributed by atoms with Crippen molar-refractivity contribution >= 4 is 10.0 Å². The lowest BCUT2D eigenvalue weighted by atomic mass is 10.2. The Morgan fingerprint density at radius 3 is 2.61 bits per heavy atom. The van der Waals surface area contributed by atoms with Gasteiger partial charge in [0, 0.05) is 6.04 Å². The standard InChI is InChI=1S/C13H19NO3S/c1-12(14-18(2,15)16)7-6-10-17-11-13-8-4-3-5-9-13/h3-9,12,14H,10-11H2,1-2H3. The molecule has 1 aromatic rings. The second kappa shape index (κ2) is 7.31. The first kappa shape index (κ1) is 14.9. The van der Waals surface area contributed by atoms with E-state index >= 15 is 0 Å². The maximum Gasteiger partial charge on any atom is 0.209 e. The van der Waals surface area contributed by atoms with Crippen molar-refractivity contribution in [2.24, 2.45) is 0 Å². The fraction of sp³-hybridized carbons (Fsp3) is 0.385. The first-order chi connectivity index (χ1) is 8.47. The third-order valence-corrected chi connectivity index (χ3v) is 2.95. The predicted octanol–water partition coefficient (Wildman–Crippen LogP) is 1.70. The van der Waals surface area contributed by atoms with Crippen LogP contribution >= 0.6 is 0 Å². The van der Waals surface area contributed by atoms with Crippen LogP contribution in [0.4, 0.5) is 0 Å². The smallest absolute Gasteiger partial charge is 0.209 e. The number of hydrogen-bond donors (Lipinski definition) is 1. The summed E-state index contributed by atoms with van der Waals surface area (Å²) in [5.74, 6) is 0. The Bertz CT molecular complexity index is 468. The van der Waals surface area contributed by atoms with Gasteiger partial charge in [-0.05, 0) is 12.5 Å². The van der Waals surface area contributed by atoms with E-state index in [1.807, 2.05) is 36.4 Å². The van der Waals surface area contributed by atoms with Crippen LogP contribution in [0.25, 0.3) is 0 Å². The molecule has 0 heterocycles. The molecule has 0 aromatic heterocycles. The minimum absolute atomic E-state index is 0.222. The van der Waals surface area contributed by atoms with Gasteiger partial charge < -0.3 is 4.74 Å². The van der Waals surface area contributed by atoms with E-state index in [2.05, 4.69) is 4.72 Å². The van der Waals surface area contributed by atoms with Crippen LogP contribution in [-0.4, -0.2) is 27.3 Å². The van der Waals surface area contributed by atoms with E-state index in [0.29, 0.717) is 13.2 Å². The highest BCUT2D eigenvalue weighted by Gasteiger charge is 2.03. The molecule has 0 spiro atoms. The summed E-state index contributed by atoms with van der Waals surface area (Å²) in [6, 6.07) is 9.66. The van der Waals surface area contributed by atoms with Gasteiger partial charge in [-0.15, -0.1) is 0 Å². The Morgan fingerprint density at radius 1 is 1.33 bits per heavy atom. The molecule has 0 fully saturated rings. The molecule has 0 aliphatic carbocycles. The van der Waals surface area contributed by atoms with Gasteiger partial charge in [-0.3, -0.25) is 0 Å². The van der Waals surface area contributed by atoms with Gasteiger partial charge in [-0.1, -0.05) is 42.5 Å². The second-order valence-corrected chi connectivity index (χ2v) is 5.89. The summed E-state index contributed by atoms with van der Waals surface area (Å²) in [7, 11) is -3.15. The first-order valence-electron chi connectivity index (χ1n) is 5.73. The number of hydrogen-bond acceptors (Lipinski definition) is 3. The molecule has 0 radical (unpaired) electrons. The molecule has 18 heavy (non-hydrogen) atoms. The largest absolute Gasteiger partial charge is 0.373 e. The van der Waals surface area contributed by atoms with Crippen molar-refractivity contribution in [3.8, 4) is 0 Å². The normalized spacial score (nSPS) is 13.9. The summed E-state index contributed by atoms with van der Waals surface area (Å²) < 4.78 is 29.8. The Morgan fingerprint density at radius 2 is 2.00 bits per heavy atom. The van der Waals surface area contributed by atoms with Crippen molar-refractivity contribution in [3.63, 3.8) is 0 Å². The molecule has 0 amide bonds. The highest BCUT2D eigenvalue weighted by Crippen LogP contribution is 2.00. The van der Waals surface area contributed by atoms with E-state index in [-0.39, 0.29) is 6.04 Å². The van der Waals surface area contributed by atoms with Gasteiger partial charge in [0.05, 0.1) is 19.5 Å². The summed E-state index contributed by atoms with van der Waals surface area (Å²) in [5, 5.41) is 0. The van der Waals surface area contributed by atoms with Crippen LogP contribution < -0.4 is 4.72 Å². The molecule has 0 saturated heterocycles. The van der Waals surface area contributed by atoms with Gasteiger partial charge in [0.25, 0.3) is 0 Å². The van der Waals surface area contributed by atoms with Crippen LogP contribution in [0.2, 0.25) is 0 Å². The van der Waals surface area contributed by atoms with Gasteiger partial charge in [0.1, 0.15) is 0 Å². The molecule has 0 saturated carbocycles. The molecular weight excluding hydrogens is 250 g/mol. The van der Waals surface area contributed by atoms with E-state index in [1.165, 1.54) is 0 Å². The van der Waals surface area contributed by atoms with Crippen LogP contribution in [0, 0.1) is 0 Å². The van der Waals surface area contributed by atoms with E-state index in [4.69, 9.17) is 4.74 Å². The average Bonchev–Trinajstić information content (AvgIpc) is 2.27. The van der Waals surface area contributed by atoms with Gasteiger partial charge in [-0.2, -0.15) is 0 Å². The van der Waals surface area contributed by atoms with Crippen molar-refractivity contribution in [1.29, 1.82) is 0 Å². The zero-order valence-corrected chi connectivity index (χ0v) is 11.5.